The Morgan fingerprint density at radius 1 is 1.00 bits per heavy atom. The molecule has 210 valence electrons. The number of hydrogen-bond donors (Lipinski definition) is 3. The lowest BCUT2D eigenvalue weighted by atomic mass is 10.0. The van der Waals surface area contributed by atoms with Gasteiger partial charge in [0.15, 0.2) is 0 Å². The SMILES string of the molecule is CCNCCNC(=O)CN(CC(=O)N(C)N1Cc2ccccc2C1)c1ccc(-c2ccc(C(N)=O)cn2)cc1C. The van der Waals surface area contributed by atoms with Crippen molar-refractivity contribution in [3.05, 3.63) is 83.0 Å². The van der Waals surface area contributed by atoms with Gasteiger partial charge in [0.25, 0.3) is 5.91 Å². The topological polar surface area (TPSA) is 124 Å². The van der Waals surface area contributed by atoms with Crippen molar-refractivity contribution in [3.8, 4) is 11.3 Å². The van der Waals surface area contributed by atoms with E-state index in [4.69, 9.17) is 5.73 Å². The summed E-state index contributed by atoms with van der Waals surface area (Å²) in [6, 6.07) is 17.3. The molecule has 10 nitrogen and oxygen atoms in total. The van der Waals surface area contributed by atoms with Gasteiger partial charge in [-0.1, -0.05) is 37.3 Å². The van der Waals surface area contributed by atoms with Crippen molar-refractivity contribution in [3.63, 3.8) is 0 Å². The molecule has 4 N–H and O–H groups in total. The minimum absolute atomic E-state index is 0.0374. The van der Waals surface area contributed by atoms with Crippen molar-refractivity contribution in [2.45, 2.75) is 26.9 Å². The Hall–Kier alpha value is -4.28. The van der Waals surface area contributed by atoms with Crippen molar-refractivity contribution >= 4 is 23.4 Å². The number of primary amides is 1. The third-order valence-electron chi connectivity index (χ3n) is 7.03. The fraction of sp³-hybridized carbons (Fsp3) is 0.333. The van der Waals surface area contributed by atoms with Gasteiger partial charge in [0, 0.05) is 50.7 Å². The molecule has 3 amide bonds. The Kier molecular flexibility index (Phi) is 9.47. The Bertz CT molecular complexity index is 1330. The van der Waals surface area contributed by atoms with Gasteiger partial charge < -0.3 is 21.3 Å². The zero-order valence-corrected chi connectivity index (χ0v) is 23.3. The van der Waals surface area contributed by atoms with Gasteiger partial charge in [0.05, 0.1) is 24.3 Å². The highest BCUT2D eigenvalue weighted by Crippen LogP contribution is 2.27. The number of hydrogen-bond acceptors (Lipinski definition) is 7. The Labute approximate surface area is 235 Å². The number of likely N-dealkylation sites (N-methyl/N-ethyl adjacent to an activating group) is 2. The second-order valence-electron chi connectivity index (χ2n) is 9.87. The molecular formula is C30H37N7O3. The quantitative estimate of drug-likeness (QED) is 0.299. The summed E-state index contributed by atoms with van der Waals surface area (Å²) in [6.07, 6.45) is 1.45. The largest absolute Gasteiger partial charge is 0.366 e. The molecule has 0 fully saturated rings. The van der Waals surface area contributed by atoms with Crippen molar-refractivity contribution < 1.29 is 14.4 Å². The lowest BCUT2D eigenvalue weighted by molar-refractivity contribution is -0.145. The number of aromatic nitrogens is 1. The second-order valence-corrected chi connectivity index (χ2v) is 9.87. The van der Waals surface area contributed by atoms with Crippen molar-refractivity contribution in [1.82, 2.24) is 25.6 Å². The Morgan fingerprint density at radius 3 is 2.33 bits per heavy atom. The number of nitrogens with zero attached hydrogens (tertiary/aromatic N) is 4. The second kappa shape index (κ2) is 13.2. The van der Waals surface area contributed by atoms with E-state index in [1.807, 2.05) is 54.1 Å². The highest BCUT2D eigenvalue weighted by Gasteiger charge is 2.27. The minimum atomic E-state index is -0.530. The fourth-order valence-electron chi connectivity index (χ4n) is 4.75. The normalized spacial score (nSPS) is 12.6. The molecular weight excluding hydrogens is 506 g/mol. The summed E-state index contributed by atoms with van der Waals surface area (Å²) >= 11 is 0. The van der Waals surface area contributed by atoms with Gasteiger partial charge in [-0.15, -0.1) is 0 Å². The summed E-state index contributed by atoms with van der Waals surface area (Å²) in [6.45, 7) is 7.37. The van der Waals surface area contributed by atoms with Crippen LogP contribution in [0.25, 0.3) is 11.3 Å². The molecule has 3 aromatic rings. The molecule has 0 radical (unpaired) electrons. The number of nitrogens with one attached hydrogen (secondary N) is 2. The number of hydrazine groups is 1. The van der Waals surface area contributed by atoms with E-state index in [1.165, 1.54) is 17.3 Å². The van der Waals surface area contributed by atoms with Crippen LogP contribution in [0.4, 0.5) is 5.69 Å². The average Bonchev–Trinajstić information content (AvgIpc) is 3.39. The number of amides is 3. The minimum Gasteiger partial charge on any atom is -0.366 e. The summed E-state index contributed by atoms with van der Waals surface area (Å²) < 4.78 is 0. The maximum absolute atomic E-state index is 13.5. The number of rotatable bonds is 12. The number of fused-ring (bicyclic) bond motifs is 1. The molecule has 4 rings (SSSR count). The lowest BCUT2D eigenvalue weighted by Gasteiger charge is -2.32. The number of carbonyl (C=O) groups excluding carboxylic acids is 3. The van der Waals surface area contributed by atoms with Gasteiger partial charge in [0.2, 0.25) is 11.8 Å². The zero-order valence-electron chi connectivity index (χ0n) is 23.3. The standard InChI is InChI=1S/C30H37N7O3/c1-4-32-13-14-33-28(38)19-36(20-29(39)35(3)37-17-24-7-5-6-8-25(24)18-37)27-12-10-22(15-21(27)2)26-11-9-23(16-34-26)30(31)40/h5-12,15-16,32H,4,13-14,17-20H2,1-3H3,(H2,31,40)(H,33,38). The molecule has 40 heavy (non-hydrogen) atoms. The van der Waals surface area contributed by atoms with Crippen LogP contribution < -0.4 is 21.3 Å². The number of anilines is 1. The van der Waals surface area contributed by atoms with Crippen LogP contribution in [-0.2, 0) is 22.7 Å². The molecule has 1 aromatic heterocycles. The van der Waals surface area contributed by atoms with Crippen LogP contribution in [-0.4, -0.2) is 72.5 Å². The van der Waals surface area contributed by atoms with Crippen LogP contribution in [0, 0.1) is 6.92 Å². The number of benzene rings is 2. The number of nitrogens with two attached hydrogens (primary N) is 1. The predicted octanol–water partition coefficient (Wildman–Crippen LogP) is 2.08. The van der Waals surface area contributed by atoms with Gasteiger partial charge in [-0.3, -0.25) is 24.4 Å². The van der Waals surface area contributed by atoms with E-state index in [9.17, 15) is 14.4 Å². The first-order valence-corrected chi connectivity index (χ1v) is 13.4. The van der Waals surface area contributed by atoms with E-state index < -0.39 is 5.91 Å². The van der Waals surface area contributed by atoms with Gasteiger partial charge in [-0.25, -0.2) is 5.01 Å². The highest BCUT2D eigenvalue weighted by molar-refractivity contribution is 5.92. The Balaban J connectivity index is 1.51. The first-order valence-electron chi connectivity index (χ1n) is 13.4. The van der Waals surface area contributed by atoms with E-state index in [1.54, 1.807) is 24.2 Å². The van der Waals surface area contributed by atoms with Crippen LogP contribution in [0.1, 0.15) is 34.0 Å². The highest BCUT2D eigenvalue weighted by atomic mass is 16.2. The average molecular weight is 544 g/mol. The maximum Gasteiger partial charge on any atom is 0.256 e. The van der Waals surface area contributed by atoms with Gasteiger partial charge in [-0.2, -0.15) is 0 Å². The van der Waals surface area contributed by atoms with Crippen molar-refractivity contribution in [2.24, 2.45) is 5.73 Å². The third kappa shape index (κ3) is 7.02. The first-order chi connectivity index (χ1) is 19.3. The van der Waals surface area contributed by atoms with Crippen LogP contribution in [0.3, 0.4) is 0 Å². The van der Waals surface area contributed by atoms with Crippen LogP contribution in [0.2, 0.25) is 0 Å². The maximum atomic E-state index is 13.5. The van der Waals surface area contributed by atoms with Crippen molar-refractivity contribution in [1.29, 1.82) is 0 Å². The molecule has 0 bridgehead atoms. The molecule has 2 aromatic carbocycles. The van der Waals surface area contributed by atoms with Gasteiger partial charge in [0.1, 0.15) is 0 Å². The predicted molar refractivity (Wildman–Crippen MR) is 155 cm³/mol. The molecule has 1 aliphatic rings. The summed E-state index contributed by atoms with van der Waals surface area (Å²) in [4.78, 5) is 43.9. The molecule has 2 heterocycles. The molecule has 1 aliphatic heterocycles. The molecule has 0 saturated carbocycles. The lowest BCUT2D eigenvalue weighted by Crippen LogP contribution is -2.48. The number of aryl methyl sites for hydroxylation is 1. The molecule has 0 unspecified atom stereocenters. The van der Waals surface area contributed by atoms with Crippen LogP contribution >= 0.6 is 0 Å². The van der Waals surface area contributed by atoms with E-state index in [0.29, 0.717) is 37.4 Å². The summed E-state index contributed by atoms with van der Waals surface area (Å²) in [5, 5.41) is 9.79. The molecule has 0 atom stereocenters. The zero-order chi connectivity index (χ0) is 28.6. The van der Waals surface area contributed by atoms with E-state index in [0.717, 1.165) is 23.4 Å². The van der Waals surface area contributed by atoms with E-state index >= 15 is 0 Å². The fourth-order valence-corrected chi connectivity index (χ4v) is 4.75. The monoisotopic (exact) mass is 543 g/mol. The summed E-state index contributed by atoms with van der Waals surface area (Å²) in [5.41, 5.74) is 11.3. The number of pyridine rings is 1. The first kappa shape index (κ1) is 28.7. The molecule has 0 saturated heterocycles. The number of carbonyl (C=O) groups is 3. The van der Waals surface area contributed by atoms with E-state index in [2.05, 4.69) is 27.8 Å². The third-order valence-corrected chi connectivity index (χ3v) is 7.03. The molecule has 0 spiro atoms. The van der Waals surface area contributed by atoms with Crippen LogP contribution in [0.15, 0.2) is 60.8 Å². The molecule has 10 heteroatoms. The Morgan fingerprint density at radius 2 is 1.73 bits per heavy atom. The van der Waals surface area contributed by atoms with Crippen molar-refractivity contribution in [2.75, 3.05) is 44.7 Å². The van der Waals surface area contributed by atoms with Crippen LogP contribution in [0.5, 0.6) is 0 Å². The summed E-state index contributed by atoms with van der Waals surface area (Å²) in [5.74, 6) is -0.799. The summed E-state index contributed by atoms with van der Waals surface area (Å²) in [7, 11) is 1.78. The molecule has 0 aliphatic carbocycles. The van der Waals surface area contributed by atoms with Gasteiger partial charge >= 0.3 is 0 Å². The van der Waals surface area contributed by atoms with Gasteiger partial charge in [-0.05, 0) is 54.4 Å². The smallest absolute Gasteiger partial charge is 0.256 e. The van der Waals surface area contributed by atoms with E-state index in [-0.39, 0.29) is 24.9 Å².